The van der Waals surface area contributed by atoms with Crippen molar-refractivity contribution in [3.05, 3.63) is 35.4 Å². The maximum Gasteiger partial charge on any atom is 0.335 e. The van der Waals surface area contributed by atoms with Crippen molar-refractivity contribution in [1.82, 2.24) is 0 Å². The maximum atomic E-state index is 14.2. The summed E-state index contributed by atoms with van der Waals surface area (Å²) >= 11 is 1.59. The maximum absolute atomic E-state index is 14.2. The van der Waals surface area contributed by atoms with Crippen LogP contribution in [0.25, 0.3) is 0 Å². The van der Waals surface area contributed by atoms with Crippen LogP contribution in [0.15, 0.2) is 24.3 Å². The highest BCUT2D eigenvalue weighted by atomic mass is 32.2. The van der Waals surface area contributed by atoms with E-state index in [1.54, 1.807) is 30.0 Å². The minimum absolute atomic E-state index is 0.211. The Bertz CT molecular complexity index is 400. The van der Waals surface area contributed by atoms with E-state index < -0.39 is 11.6 Å². The summed E-state index contributed by atoms with van der Waals surface area (Å²) in [6.07, 6.45) is 0.730. The lowest BCUT2D eigenvalue weighted by atomic mass is 9.93. The normalized spacial score (nSPS) is 24.6. The smallest absolute Gasteiger partial charge is 0.335 e. The van der Waals surface area contributed by atoms with Gasteiger partial charge in [-0.25, -0.2) is 9.18 Å². The van der Waals surface area contributed by atoms with E-state index in [0.29, 0.717) is 17.7 Å². The summed E-state index contributed by atoms with van der Waals surface area (Å²) in [6.45, 7) is 0. The van der Waals surface area contributed by atoms with Gasteiger partial charge in [0.25, 0.3) is 0 Å². The fourth-order valence-corrected chi connectivity index (χ4v) is 3.21. The van der Waals surface area contributed by atoms with Crippen molar-refractivity contribution >= 4 is 17.7 Å². The first kappa shape index (κ1) is 11.5. The van der Waals surface area contributed by atoms with Gasteiger partial charge < -0.3 is 5.11 Å². The Morgan fingerprint density at radius 2 is 2.25 bits per heavy atom. The summed E-state index contributed by atoms with van der Waals surface area (Å²) in [5.41, 5.74) is -0.410. The first-order valence-corrected chi connectivity index (χ1v) is 6.34. The molecule has 2 rings (SSSR count). The van der Waals surface area contributed by atoms with Crippen LogP contribution in [0, 0.1) is 0 Å². The molecule has 0 aromatic heterocycles. The van der Waals surface area contributed by atoms with Gasteiger partial charge in [0, 0.05) is 12.2 Å². The van der Waals surface area contributed by atoms with Gasteiger partial charge in [0.05, 0.1) is 5.56 Å². The number of carboxylic acids is 1. The Morgan fingerprint density at radius 1 is 1.50 bits per heavy atom. The molecule has 0 saturated carbocycles. The Morgan fingerprint density at radius 3 is 2.88 bits per heavy atom. The first-order chi connectivity index (χ1) is 7.61. The molecule has 1 aromatic carbocycles. The summed E-state index contributed by atoms with van der Waals surface area (Å²) in [7, 11) is 0. The molecule has 2 nitrogen and oxygen atoms in total. The molecule has 1 heterocycles. The predicted octanol–water partition coefficient (Wildman–Crippen LogP) is 2.77. The molecule has 1 unspecified atom stereocenters. The molecule has 0 bridgehead atoms. The van der Waals surface area contributed by atoms with E-state index >= 15 is 0 Å². The zero-order valence-corrected chi connectivity index (χ0v) is 9.60. The molecule has 86 valence electrons. The SMILES string of the molecule is O=C(O)c1ccccc1CC1(F)CCSC1. The van der Waals surface area contributed by atoms with Crippen LogP contribution in [-0.2, 0) is 6.42 Å². The van der Waals surface area contributed by atoms with E-state index in [9.17, 15) is 9.18 Å². The summed E-state index contributed by atoms with van der Waals surface area (Å²) in [6, 6.07) is 6.66. The van der Waals surface area contributed by atoms with E-state index in [0.717, 1.165) is 5.75 Å². The largest absolute Gasteiger partial charge is 0.478 e. The molecule has 1 N–H and O–H groups in total. The second kappa shape index (κ2) is 4.45. The third kappa shape index (κ3) is 2.38. The average Bonchev–Trinajstić information content (AvgIpc) is 2.65. The van der Waals surface area contributed by atoms with Crippen molar-refractivity contribution in [1.29, 1.82) is 0 Å². The molecule has 0 radical (unpaired) electrons. The number of halogens is 1. The van der Waals surface area contributed by atoms with Gasteiger partial charge in [0.2, 0.25) is 0 Å². The molecule has 0 amide bonds. The molecular weight excluding hydrogens is 227 g/mol. The fourth-order valence-electron chi connectivity index (χ4n) is 1.95. The van der Waals surface area contributed by atoms with Gasteiger partial charge in [-0.15, -0.1) is 0 Å². The average molecular weight is 240 g/mol. The number of carboxylic acid groups (broad SMARTS) is 1. The minimum atomic E-state index is -1.23. The molecule has 1 aliphatic rings. The van der Waals surface area contributed by atoms with Crippen LogP contribution < -0.4 is 0 Å². The topological polar surface area (TPSA) is 37.3 Å². The second-order valence-corrected chi connectivity index (χ2v) is 5.20. The number of rotatable bonds is 3. The number of alkyl halides is 1. The first-order valence-electron chi connectivity index (χ1n) is 5.19. The highest BCUT2D eigenvalue weighted by Crippen LogP contribution is 2.35. The molecular formula is C12H13FO2S. The number of hydrogen-bond acceptors (Lipinski definition) is 2. The molecule has 1 fully saturated rings. The number of carbonyl (C=O) groups is 1. The number of thioether (sulfide) groups is 1. The van der Waals surface area contributed by atoms with Crippen molar-refractivity contribution in [3.63, 3.8) is 0 Å². The fraction of sp³-hybridized carbons (Fsp3) is 0.417. The summed E-state index contributed by atoms with van der Waals surface area (Å²) in [5, 5.41) is 9.00. The van der Waals surface area contributed by atoms with Gasteiger partial charge in [-0.1, -0.05) is 18.2 Å². The van der Waals surface area contributed by atoms with E-state index in [-0.39, 0.29) is 12.0 Å². The highest BCUT2D eigenvalue weighted by molar-refractivity contribution is 7.99. The summed E-state index contributed by atoms with van der Waals surface area (Å²) in [5.74, 6) is 0.317. The Kier molecular flexibility index (Phi) is 3.19. The zero-order valence-electron chi connectivity index (χ0n) is 8.78. The minimum Gasteiger partial charge on any atom is -0.478 e. The van der Waals surface area contributed by atoms with Crippen LogP contribution in [0.4, 0.5) is 4.39 Å². The van der Waals surface area contributed by atoms with Crippen molar-refractivity contribution in [3.8, 4) is 0 Å². The van der Waals surface area contributed by atoms with Gasteiger partial charge >= 0.3 is 5.97 Å². The number of aromatic carboxylic acids is 1. The van der Waals surface area contributed by atoms with E-state index in [1.165, 1.54) is 6.07 Å². The second-order valence-electron chi connectivity index (χ2n) is 4.09. The zero-order chi connectivity index (χ0) is 11.6. The van der Waals surface area contributed by atoms with Crippen LogP contribution in [0.3, 0.4) is 0 Å². The Labute approximate surface area is 97.9 Å². The van der Waals surface area contributed by atoms with Crippen LogP contribution >= 0.6 is 11.8 Å². The Balaban J connectivity index is 2.23. The van der Waals surface area contributed by atoms with E-state index in [2.05, 4.69) is 0 Å². The standard InChI is InChI=1S/C12H13FO2S/c13-12(5-6-16-8-12)7-9-3-1-2-4-10(9)11(14)15/h1-4H,5-8H2,(H,14,15). The van der Waals surface area contributed by atoms with Gasteiger partial charge in [0.1, 0.15) is 5.67 Å². The van der Waals surface area contributed by atoms with Crippen LogP contribution in [0.1, 0.15) is 22.3 Å². The van der Waals surface area contributed by atoms with Crippen molar-refractivity contribution in [2.45, 2.75) is 18.5 Å². The highest BCUT2D eigenvalue weighted by Gasteiger charge is 2.35. The molecule has 4 heteroatoms. The molecule has 0 aliphatic carbocycles. The van der Waals surface area contributed by atoms with E-state index in [1.807, 2.05) is 0 Å². The van der Waals surface area contributed by atoms with Crippen LogP contribution in [0.2, 0.25) is 0 Å². The van der Waals surface area contributed by atoms with Gasteiger partial charge in [0.15, 0.2) is 0 Å². The molecule has 1 aliphatic heterocycles. The third-order valence-corrected chi connectivity index (χ3v) is 4.02. The predicted molar refractivity (Wildman–Crippen MR) is 62.9 cm³/mol. The summed E-state index contributed by atoms with van der Waals surface area (Å²) < 4.78 is 14.2. The van der Waals surface area contributed by atoms with Crippen LogP contribution in [0.5, 0.6) is 0 Å². The molecule has 0 spiro atoms. The lowest BCUT2D eigenvalue weighted by Crippen LogP contribution is -2.26. The molecule has 1 atom stereocenters. The molecule has 1 aromatic rings. The van der Waals surface area contributed by atoms with Crippen LogP contribution in [-0.4, -0.2) is 28.3 Å². The van der Waals surface area contributed by atoms with Gasteiger partial charge in [-0.05, 0) is 23.8 Å². The molecule has 16 heavy (non-hydrogen) atoms. The van der Waals surface area contributed by atoms with Crippen molar-refractivity contribution < 1.29 is 14.3 Å². The van der Waals surface area contributed by atoms with Crippen molar-refractivity contribution in [2.24, 2.45) is 0 Å². The van der Waals surface area contributed by atoms with Gasteiger partial charge in [-0.2, -0.15) is 11.8 Å². The monoisotopic (exact) mass is 240 g/mol. The van der Waals surface area contributed by atoms with Gasteiger partial charge in [-0.3, -0.25) is 0 Å². The third-order valence-electron chi connectivity index (χ3n) is 2.81. The lowest BCUT2D eigenvalue weighted by Gasteiger charge is -2.19. The summed E-state index contributed by atoms with van der Waals surface area (Å²) in [4.78, 5) is 11.0. The Hall–Kier alpha value is -1.03. The van der Waals surface area contributed by atoms with E-state index in [4.69, 9.17) is 5.11 Å². The lowest BCUT2D eigenvalue weighted by molar-refractivity contribution is 0.0694. The quantitative estimate of drug-likeness (QED) is 0.882. The van der Waals surface area contributed by atoms with Crippen molar-refractivity contribution in [2.75, 3.05) is 11.5 Å². The number of benzene rings is 1. The molecule has 1 saturated heterocycles. The number of hydrogen-bond donors (Lipinski definition) is 1.